The summed E-state index contributed by atoms with van der Waals surface area (Å²) in [5.74, 6) is 1.57. The van der Waals surface area contributed by atoms with Crippen LogP contribution < -0.4 is 0 Å². The van der Waals surface area contributed by atoms with Crippen molar-refractivity contribution in [2.24, 2.45) is 0 Å². The zero-order chi connectivity index (χ0) is 14.5. The second-order valence-corrected chi connectivity index (χ2v) is 5.44. The van der Waals surface area contributed by atoms with Gasteiger partial charge in [-0.1, -0.05) is 6.07 Å². The Balaban J connectivity index is 1.46. The third kappa shape index (κ3) is 3.91. The van der Waals surface area contributed by atoms with Gasteiger partial charge >= 0.3 is 0 Å². The molecule has 5 heteroatoms. The molecule has 1 aliphatic rings. The molecule has 1 saturated heterocycles. The molecular weight excluding hydrogens is 266 g/mol. The van der Waals surface area contributed by atoms with Crippen molar-refractivity contribution in [3.05, 3.63) is 53.7 Å². The molecular formula is C16H21N3O2. The molecule has 3 heterocycles. The van der Waals surface area contributed by atoms with Crippen LogP contribution in [-0.4, -0.2) is 46.1 Å². The number of pyridine rings is 1. The van der Waals surface area contributed by atoms with E-state index < -0.39 is 0 Å². The summed E-state index contributed by atoms with van der Waals surface area (Å²) in [6, 6.07) is 7.90. The summed E-state index contributed by atoms with van der Waals surface area (Å²) in [6.07, 6.45) is 3.75. The van der Waals surface area contributed by atoms with Crippen LogP contribution >= 0.6 is 0 Å². The fourth-order valence-electron chi connectivity index (χ4n) is 2.67. The van der Waals surface area contributed by atoms with Crippen LogP contribution in [0.25, 0.3) is 0 Å². The Hall–Kier alpha value is -1.69. The normalized spacial score (nSPS) is 17.2. The van der Waals surface area contributed by atoms with Gasteiger partial charge in [-0.05, 0) is 23.8 Å². The number of aliphatic hydroxyl groups excluding tert-OH is 1. The van der Waals surface area contributed by atoms with Crippen LogP contribution in [0, 0.1) is 0 Å². The molecule has 2 aromatic heterocycles. The van der Waals surface area contributed by atoms with Crippen molar-refractivity contribution in [2.45, 2.75) is 19.7 Å². The van der Waals surface area contributed by atoms with E-state index in [1.807, 2.05) is 30.6 Å². The van der Waals surface area contributed by atoms with Crippen molar-refractivity contribution in [3.63, 3.8) is 0 Å². The molecule has 0 radical (unpaired) electrons. The summed E-state index contributed by atoms with van der Waals surface area (Å²) in [5.41, 5.74) is 1.27. The average Bonchev–Trinajstić information content (AvgIpc) is 2.98. The molecule has 21 heavy (non-hydrogen) atoms. The topological polar surface area (TPSA) is 52.7 Å². The SMILES string of the molecule is OCc1ccc(CN2CCN(Cc3cccnc3)CC2)o1. The van der Waals surface area contributed by atoms with Gasteiger partial charge in [0.15, 0.2) is 0 Å². The van der Waals surface area contributed by atoms with E-state index in [0.29, 0.717) is 5.76 Å². The number of aromatic nitrogens is 1. The molecule has 5 nitrogen and oxygen atoms in total. The summed E-state index contributed by atoms with van der Waals surface area (Å²) in [5, 5.41) is 9.01. The lowest BCUT2D eigenvalue weighted by atomic mass is 10.2. The molecule has 0 unspecified atom stereocenters. The maximum absolute atomic E-state index is 9.01. The number of nitrogens with zero attached hydrogens (tertiary/aromatic N) is 3. The van der Waals surface area contributed by atoms with Gasteiger partial charge in [0.25, 0.3) is 0 Å². The van der Waals surface area contributed by atoms with Crippen molar-refractivity contribution in [3.8, 4) is 0 Å². The molecule has 0 aromatic carbocycles. The molecule has 1 N–H and O–H groups in total. The standard InChI is InChI=1S/C16H21N3O2/c20-13-16-4-3-15(21-16)12-19-8-6-18(7-9-19)11-14-2-1-5-17-10-14/h1-5,10,20H,6-9,11-13H2. The number of aliphatic hydroxyl groups is 1. The molecule has 0 amide bonds. The van der Waals surface area contributed by atoms with Gasteiger partial charge in [0.1, 0.15) is 18.1 Å². The van der Waals surface area contributed by atoms with Gasteiger partial charge in [-0.15, -0.1) is 0 Å². The highest BCUT2D eigenvalue weighted by atomic mass is 16.4. The molecule has 1 aliphatic heterocycles. The van der Waals surface area contributed by atoms with Crippen LogP contribution in [0.3, 0.4) is 0 Å². The fraction of sp³-hybridized carbons (Fsp3) is 0.438. The quantitative estimate of drug-likeness (QED) is 0.903. The Bertz CT molecular complexity index is 548. The van der Waals surface area contributed by atoms with Crippen LogP contribution in [0.1, 0.15) is 17.1 Å². The van der Waals surface area contributed by atoms with E-state index in [2.05, 4.69) is 20.9 Å². The molecule has 1 fully saturated rings. The van der Waals surface area contributed by atoms with Gasteiger partial charge in [-0.25, -0.2) is 0 Å². The number of piperazine rings is 1. The van der Waals surface area contributed by atoms with Gasteiger partial charge in [-0.2, -0.15) is 0 Å². The molecule has 0 atom stereocenters. The van der Waals surface area contributed by atoms with Crippen molar-refractivity contribution in [1.82, 2.24) is 14.8 Å². The van der Waals surface area contributed by atoms with Crippen LogP contribution in [0.2, 0.25) is 0 Å². The molecule has 0 bridgehead atoms. The van der Waals surface area contributed by atoms with E-state index in [1.165, 1.54) is 5.56 Å². The van der Waals surface area contributed by atoms with Crippen molar-refractivity contribution in [2.75, 3.05) is 26.2 Å². The van der Waals surface area contributed by atoms with Gasteiger partial charge < -0.3 is 9.52 Å². The number of hydrogen-bond donors (Lipinski definition) is 1. The van der Waals surface area contributed by atoms with Crippen molar-refractivity contribution < 1.29 is 9.52 Å². The molecule has 2 aromatic rings. The maximum Gasteiger partial charge on any atom is 0.129 e. The third-order valence-electron chi connectivity index (χ3n) is 3.85. The summed E-state index contributed by atoms with van der Waals surface area (Å²) < 4.78 is 5.54. The molecule has 0 saturated carbocycles. The summed E-state index contributed by atoms with van der Waals surface area (Å²) in [7, 11) is 0. The average molecular weight is 287 g/mol. The zero-order valence-electron chi connectivity index (χ0n) is 12.1. The molecule has 112 valence electrons. The first kappa shape index (κ1) is 14.3. The molecule has 0 spiro atoms. The minimum Gasteiger partial charge on any atom is -0.462 e. The van der Waals surface area contributed by atoms with E-state index in [9.17, 15) is 0 Å². The van der Waals surface area contributed by atoms with Gasteiger partial charge in [0, 0.05) is 45.1 Å². The first-order valence-electron chi connectivity index (χ1n) is 7.35. The Morgan fingerprint density at radius 2 is 1.71 bits per heavy atom. The lowest BCUT2D eigenvalue weighted by molar-refractivity contribution is 0.114. The summed E-state index contributed by atoms with van der Waals surface area (Å²) >= 11 is 0. The number of hydrogen-bond acceptors (Lipinski definition) is 5. The predicted molar refractivity (Wildman–Crippen MR) is 79.4 cm³/mol. The highest BCUT2D eigenvalue weighted by Gasteiger charge is 2.18. The monoisotopic (exact) mass is 287 g/mol. The highest BCUT2D eigenvalue weighted by molar-refractivity contribution is 5.09. The van der Waals surface area contributed by atoms with E-state index >= 15 is 0 Å². The van der Waals surface area contributed by atoms with E-state index in [1.54, 1.807) is 0 Å². The lowest BCUT2D eigenvalue weighted by Gasteiger charge is -2.34. The molecule has 0 aliphatic carbocycles. The van der Waals surface area contributed by atoms with Crippen LogP contribution in [-0.2, 0) is 19.7 Å². The van der Waals surface area contributed by atoms with Gasteiger partial charge in [0.2, 0.25) is 0 Å². The molecule has 3 rings (SSSR count). The third-order valence-corrected chi connectivity index (χ3v) is 3.85. The first-order chi connectivity index (χ1) is 10.3. The van der Waals surface area contributed by atoms with E-state index in [0.717, 1.165) is 45.0 Å². The van der Waals surface area contributed by atoms with Crippen molar-refractivity contribution >= 4 is 0 Å². The first-order valence-corrected chi connectivity index (χ1v) is 7.35. The summed E-state index contributed by atoms with van der Waals surface area (Å²) in [6.45, 7) is 5.95. The van der Waals surface area contributed by atoms with Gasteiger partial charge in [0.05, 0.1) is 6.54 Å². The summed E-state index contributed by atoms with van der Waals surface area (Å²) in [4.78, 5) is 9.00. The predicted octanol–water partition coefficient (Wildman–Crippen LogP) is 1.48. The maximum atomic E-state index is 9.01. The van der Waals surface area contributed by atoms with Crippen molar-refractivity contribution in [1.29, 1.82) is 0 Å². The Morgan fingerprint density at radius 1 is 1.00 bits per heavy atom. The van der Waals surface area contributed by atoms with Crippen LogP contribution in [0.15, 0.2) is 41.1 Å². The van der Waals surface area contributed by atoms with Crippen LogP contribution in [0.4, 0.5) is 0 Å². The minimum atomic E-state index is -0.0289. The minimum absolute atomic E-state index is 0.0289. The lowest BCUT2D eigenvalue weighted by Crippen LogP contribution is -2.45. The Labute approximate surface area is 124 Å². The van der Waals surface area contributed by atoms with Gasteiger partial charge in [-0.3, -0.25) is 14.8 Å². The zero-order valence-corrected chi connectivity index (χ0v) is 12.1. The van der Waals surface area contributed by atoms with Crippen LogP contribution in [0.5, 0.6) is 0 Å². The smallest absolute Gasteiger partial charge is 0.129 e. The highest BCUT2D eigenvalue weighted by Crippen LogP contribution is 2.13. The van der Waals surface area contributed by atoms with E-state index in [4.69, 9.17) is 9.52 Å². The fourth-order valence-corrected chi connectivity index (χ4v) is 2.67. The Kier molecular flexibility index (Phi) is 4.65. The second kappa shape index (κ2) is 6.85. The number of rotatable bonds is 5. The Morgan fingerprint density at radius 3 is 2.33 bits per heavy atom. The second-order valence-electron chi connectivity index (χ2n) is 5.44. The largest absolute Gasteiger partial charge is 0.462 e. The van der Waals surface area contributed by atoms with E-state index in [-0.39, 0.29) is 6.61 Å². The number of furan rings is 1.